The molecule has 1 fully saturated rings. The van der Waals surface area contributed by atoms with Gasteiger partial charge in [-0.1, -0.05) is 19.8 Å². The van der Waals surface area contributed by atoms with E-state index in [4.69, 9.17) is 0 Å². The molecule has 108 valence electrons. The molecule has 0 bridgehead atoms. The van der Waals surface area contributed by atoms with Crippen LogP contribution in [0.3, 0.4) is 0 Å². The third-order valence-corrected chi connectivity index (χ3v) is 3.53. The van der Waals surface area contributed by atoms with Gasteiger partial charge < -0.3 is 15.7 Å². The lowest BCUT2D eigenvalue weighted by atomic mass is 9.82. The molecule has 0 heterocycles. The van der Waals surface area contributed by atoms with Crippen LogP contribution in [0.4, 0.5) is 0 Å². The lowest BCUT2D eigenvalue weighted by Crippen LogP contribution is -2.40. The molecule has 1 aliphatic carbocycles. The number of hydrogen-bond donors (Lipinski definition) is 3. The van der Waals surface area contributed by atoms with E-state index in [9.17, 15) is 19.5 Å². The van der Waals surface area contributed by atoms with Crippen LogP contribution in [0.15, 0.2) is 0 Å². The fraction of sp³-hybridized carbons (Fsp3) is 0.769. The Morgan fingerprint density at radius 3 is 2.26 bits per heavy atom. The van der Waals surface area contributed by atoms with Crippen LogP contribution in [0, 0.1) is 5.41 Å². The Kier molecular flexibility index (Phi) is 5.79. The van der Waals surface area contributed by atoms with E-state index in [2.05, 4.69) is 10.6 Å². The van der Waals surface area contributed by atoms with Crippen molar-refractivity contribution in [3.8, 4) is 0 Å². The summed E-state index contributed by atoms with van der Waals surface area (Å²) in [6.45, 7) is 2.43. The average Bonchev–Trinajstić information content (AvgIpc) is 2.83. The van der Waals surface area contributed by atoms with E-state index in [0.717, 1.165) is 19.3 Å². The van der Waals surface area contributed by atoms with Gasteiger partial charge in [-0.2, -0.15) is 0 Å². The molecular weight excluding hydrogens is 248 g/mol. The number of amides is 2. The second-order valence-corrected chi connectivity index (χ2v) is 5.10. The van der Waals surface area contributed by atoms with E-state index < -0.39 is 11.4 Å². The molecule has 3 N–H and O–H groups in total. The Bertz CT molecular complexity index is 349. The van der Waals surface area contributed by atoms with Gasteiger partial charge in [0, 0.05) is 13.0 Å². The zero-order valence-corrected chi connectivity index (χ0v) is 11.3. The first-order valence-corrected chi connectivity index (χ1v) is 6.77. The molecule has 0 aromatic heterocycles. The van der Waals surface area contributed by atoms with Gasteiger partial charge in [0.05, 0.1) is 12.0 Å². The first-order valence-electron chi connectivity index (χ1n) is 6.77. The van der Waals surface area contributed by atoms with Crippen molar-refractivity contribution in [1.29, 1.82) is 0 Å². The van der Waals surface area contributed by atoms with Crippen LogP contribution in [-0.4, -0.2) is 36.0 Å². The minimum atomic E-state index is -0.927. The smallest absolute Gasteiger partial charge is 0.310 e. The number of hydrogen-bond acceptors (Lipinski definition) is 3. The molecule has 0 unspecified atom stereocenters. The predicted molar refractivity (Wildman–Crippen MR) is 69.5 cm³/mol. The maximum atomic E-state index is 11.7. The number of carboxylic acids is 1. The molecule has 1 rings (SSSR count). The van der Waals surface area contributed by atoms with Crippen LogP contribution in [0.25, 0.3) is 0 Å². The average molecular weight is 270 g/mol. The van der Waals surface area contributed by atoms with Crippen LogP contribution in [-0.2, 0) is 14.4 Å². The quantitative estimate of drug-likeness (QED) is 0.633. The first-order chi connectivity index (χ1) is 9.00. The summed E-state index contributed by atoms with van der Waals surface area (Å²) >= 11 is 0. The zero-order valence-electron chi connectivity index (χ0n) is 11.3. The molecule has 1 aliphatic rings. The summed E-state index contributed by atoms with van der Waals surface area (Å²) in [7, 11) is 0. The van der Waals surface area contributed by atoms with Crippen molar-refractivity contribution in [2.45, 2.75) is 45.4 Å². The molecule has 2 amide bonds. The van der Waals surface area contributed by atoms with Gasteiger partial charge in [-0.15, -0.1) is 0 Å². The standard InChI is InChI=1S/C13H22N2O4/c1-2-7-14-11(17)9-15-10(16)8-13(12(18)19)5-3-4-6-13/h2-9H2,1H3,(H,14,17)(H,15,16)(H,18,19). The van der Waals surface area contributed by atoms with Crippen molar-refractivity contribution in [3.05, 3.63) is 0 Å². The number of rotatable bonds is 7. The number of nitrogens with one attached hydrogen (secondary N) is 2. The Hall–Kier alpha value is -1.59. The third kappa shape index (κ3) is 4.54. The molecule has 0 aromatic carbocycles. The fourth-order valence-corrected chi connectivity index (χ4v) is 2.39. The highest BCUT2D eigenvalue weighted by atomic mass is 16.4. The van der Waals surface area contributed by atoms with Crippen molar-refractivity contribution >= 4 is 17.8 Å². The van der Waals surface area contributed by atoms with Crippen molar-refractivity contribution in [2.24, 2.45) is 5.41 Å². The van der Waals surface area contributed by atoms with Gasteiger partial charge in [-0.25, -0.2) is 0 Å². The number of aliphatic carboxylic acids is 1. The van der Waals surface area contributed by atoms with Gasteiger partial charge in [0.25, 0.3) is 0 Å². The summed E-state index contributed by atoms with van der Waals surface area (Å²) in [4.78, 5) is 34.3. The topological polar surface area (TPSA) is 95.5 Å². The second kappa shape index (κ2) is 7.11. The molecule has 1 saturated carbocycles. The Labute approximate surface area is 112 Å². The largest absolute Gasteiger partial charge is 0.481 e. The summed E-state index contributed by atoms with van der Waals surface area (Å²) < 4.78 is 0. The highest BCUT2D eigenvalue weighted by molar-refractivity contribution is 5.88. The minimum absolute atomic E-state index is 0.0383. The minimum Gasteiger partial charge on any atom is -0.481 e. The zero-order chi connectivity index (χ0) is 14.3. The molecule has 19 heavy (non-hydrogen) atoms. The first kappa shape index (κ1) is 15.5. The van der Waals surface area contributed by atoms with Crippen molar-refractivity contribution in [2.75, 3.05) is 13.1 Å². The van der Waals surface area contributed by atoms with Gasteiger partial charge in [0.15, 0.2) is 0 Å². The molecular formula is C13H22N2O4. The normalized spacial score (nSPS) is 16.9. The fourth-order valence-electron chi connectivity index (χ4n) is 2.39. The summed E-state index contributed by atoms with van der Waals surface area (Å²) in [6, 6.07) is 0. The molecule has 0 radical (unpaired) electrons. The number of carbonyl (C=O) groups excluding carboxylic acids is 2. The second-order valence-electron chi connectivity index (χ2n) is 5.10. The molecule has 0 atom stereocenters. The molecule has 6 nitrogen and oxygen atoms in total. The van der Waals surface area contributed by atoms with Gasteiger partial charge in [-0.05, 0) is 19.3 Å². The van der Waals surface area contributed by atoms with Gasteiger partial charge in [0.1, 0.15) is 0 Å². The van der Waals surface area contributed by atoms with E-state index in [1.54, 1.807) is 0 Å². The molecule has 0 aromatic rings. The van der Waals surface area contributed by atoms with Crippen LogP contribution in [0.2, 0.25) is 0 Å². The maximum absolute atomic E-state index is 11.7. The Balaban J connectivity index is 2.37. The van der Waals surface area contributed by atoms with Gasteiger partial charge in [-0.3, -0.25) is 14.4 Å². The van der Waals surface area contributed by atoms with E-state index in [1.165, 1.54) is 0 Å². The van der Waals surface area contributed by atoms with Gasteiger partial charge >= 0.3 is 5.97 Å². The van der Waals surface area contributed by atoms with Crippen LogP contribution in [0.1, 0.15) is 45.4 Å². The molecule has 0 spiro atoms. The van der Waals surface area contributed by atoms with Crippen molar-refractivity contribution in [3.63, 3.8) is 0 Å². The highest BCUT2D eigenvalue weighted by Crippen LogP contribution is 2.41. The van der Waals surface area contributed by atoms with Crippen LogP contribution in [0.5, 0.6) is 0 Å². The Morgan fingerprint density at radius 1 is 1.11 bits per heavy atom. The van der Waals surface area contributed by atoms with Crippen LogP contribution < -0.4 is 10.6 Å². The lowest BCUT2D eigenvalue weighted by molar-refractivity contribution is -0.151. The molecule has 0 saturated heterocycles. The number of carbonyl (C=O) groups is 3. The molecule has 0 aliphatic heterocycles. The van der Waals surface area contributed by atoms with Crippen LogP contribution >= 0.6 is 0 Å². The monoisotopic (exact) mass is 270 g/mol. The number of carboxylic acid groups (broad SMARTS) is 1. The summed E-state index contributed by atoms with van der Waals surface area (Å²) in [6.07, 6.45) is 3.56. The van der Waals surface area contributed by atoms with Crippen molar-refractivity contribution in [1.82, 2.24) is 10.6 Å². The maximum Gasteiger partial charge on any atom is 0.310 e. The van der Waals surface area contributed by atoms with E-state index in [1.807, 2.05) is 6.92 Å². The molecule has 6 heteroatoms. The van der Waals surface area contributed by atoms with E-state index >= 15 is 0 Å². The third-order valence-electron chi connectivity index (χ3n) is 3.53. The summed E-state index contributed by atoms with van der Waals surface area (Å²) in [5.74, 6) is -1.52. The Morgan fingerprint density at radius 2 is 1.74 bits per heavy atom. The van der Waals surface area contributed by atoms with Crippen molar-refractivity contribution < 1.29 is 19.5 Å². The van der Waals surface area contributed by atoms with Gasteiger partial charge in [0.2, 0.25) is 11.8 Å². The predicted octanol–water partition coefficient (Wildman–Crippen LogP) is 0.664. The highest BCUT2D eigenvalue weighted by Gasteiger charge is 2.42. The van der Waals surface area contributed by atoms with E-state index in [0.29, 0.717) is 19.4 Å². The summed E-state index contributed by atoms with van der Waals surface area (Å²) in [5.41, 5.74) is -0.927. The lowest BCUT2D eigenvalue weighted by Gasteiger charge is -2.22. The van der Waals surface area contributed by atoms with E-state index in [-0.39, 0.29) is 24.8 Å². The SMILES string of the molecule is CCCNC(=O)CNC(=O)CC1(C(=O)O)CCCC1. The summed E-state index contributed by atoms with van der Waals surface area (Å²) in [5, 5.41) is 14.4.